The number of aryl methyl sites for hydroxylation is 1. The van der Waals surface area contributed by atoms with Gasteiger partial charge in [-0.25, -0.2) is 0 Å². The number of ether oxygens (including phenoxy) is 1. The van der Waals surface area contributed by atoms with Crippen LogP contribution in [0.5, 0.6) is 0 Å². The molecular formula is C13H19ClO. The van der Waals surface area contributed by atoms with E-state index in [-0.39, 0.29) is 0 Å². The number of halogens is 1. The molecule has 1 aromatic carbocycles. The van der Waals surface area contributed by atoms with Crippen LogP contribution in [0.4, 0.5) is 0 Å². The Bertz CT molecular complexity index is 256. The van der Waals surface area contributed by atoms with Crippen LogP contribution in [0.2, 0.25) is 5.02 Å². The molecule has 0 atom stereocenters. The van der Waals surface area contributed by atoms with Gasteiger partial charge in [-0.15, -0.1) is 0 Å². The first kappa shape index (κ1) is 12.5. The monoisotopic (exact) mass is 226 g/mol. The summed E-state index contributed by atoms with van der Waals surface area (Å²) in [5.41, 5.74) is 1.33. The summed E-state index contributed by atoms with van der Waals surface area (Å²) in [6.07, 6.45) is 4.53. The minimum Gasteiger partial charge on any atom is -0.381 e. The molecule has 0 saturated carbocycles. The zero-order valence-corrected chi connectivity index (χ0v) is 10.1. The molecule has 0 heterocycles. The highest BCUT2D eigenvalue weighted by Gasteiger charge is 1.94. The summed E-state index contributed by atoms with van der Waals surface area (Å²) in [4.78, 5) is 0. The smallest absolute Gasteiger partial charge is 0.0469 e. The average Bonchev–Trinajstić information content (AvgIpc) is 2.26. The van der Waals surface area contributed by atoms with Crippen molar-refractivity contribution in [2.75, 3.05) is 13.2 Å². The fourth-order valence-electron chi connectivity index (χ4n) is 1.38. The van der Waals surface area contributed by atoms with E-state index in [2.05, 4.69) is 19.1 Å². The molecule has 0 spiro atoms. The summed E-state index contributed by atoms with van der Waals surface area (Å²) in [5.74, 6) is 0. The number of hydrogen-bond donors (Lipinski definition) is 0. The minimum atomic E-state index is 0.804. The van der Waals surface area contributed by atoms with Crippen molar-refractivity contribution < 1.29 is 4.74 Å². The molecule has 0 unspecified atom stereocenters. The highest BCUT2D eigenvalue weighted by atomic mass is 35.5. The molecule has 84 valence electrons. The molecule has 0 aromatic heterocycles. The third-order valence-electron chi connectivity index (χ3n) is 2.31. The largest absolute Gasteiger partial charge is 0.381 e. The number of benzene rings is 1. The van der Waals surface area contributed by atoms with Crippen LogP contribution >= 0.6 is 11.6 Å². The molecule has 0 radical (unpaired) electrons. The lowest BCUT2D eigenvalue weighted by Crippen LogP contribution is -1.98. The normalized spacial score (nSPS) is 10.5. The van der Waals surface area contributed by atoms with Gasteiger partial charge in [0, 0.05) is 18.2 Å². The molecule has 0 amide bonds. The Morgan fingerprint density at radius 1 is 1.07 bits per heavy atom. The van der Waals surface area contributed by atoms with Gasteiger partial charge in [-0.1, -0.05) is 37.1 Å². The van der Waals surface area contributed by atoms with Crippen LogP contribution in [-0.4, -0.2) is 13.2 Å². The van der Waals surface area contributed by atoms with Gasteiger partial charge in [0.25, 0.3) is 0 Å². The second kappa shape index (κ2) is 7.72. The van der Waals surface area contributed by atoms with Crippen LogP contribution < -0.4 is 0 Å². The number of unbranched alkanes of at least 4 members (excludes halogenated alkanes) is 1. The van der Waals surface area contributed by atoms with Crippen LogP contribution in [0.15, 0.2) is 24.3 Å². The summed E-state index contributed by atoms with van der Waals surface area (Å²) in [6.45, 7) is 3.94. The maximum atomic E-state index is 5.81. The lowest BCUT2D eigenvalue weighted by Gasteiger charge is -2.03. The molecule has 0 fully saturated rings. The molecule has 0 saturated heterocycles. The summed E-state index contributed by atoms with van der Waals surface area (Å²) >= 11 is 5.81. The Kier molecular flexibility index (Phi) is 6.45. The van der Waals surface area contributed by atoms with Gasteiger partial charge < -0.3 is 4.74 Å². The minimum absolute atomic E-state index is 0.804. The average molecular weight is 227 g/mol. The molecule has 0 bridgehead atoms. The second-order valence-corrected chi connectivity index (χ2v) is 4.13. The highest BCUT2D eigenvalue weighted by Crippen LogP contribution is 2.10. The Morgan fingerprint density at radius 3 is 2.40 bits per heavy atom. The van der Waals surface area contributed by atoms with Crippen LogP contribution in [0.25, 0.3) is 0 Å². The standard InChI is InChI=1S/C13H19ClO/c1-2-3-10-15-11-4-5-12-6-8-13(14)9-7-12/h6-9H,2-5,10-11H2,1H3. The van der Waals surface area contributed by atoms with Gasteiger partial charge in [-0.05, 0) is 37.0 Å². The summed E-state index contributed by atoms with van der Waals surface area (Å²) in [6, 6.07) is 8.03. The van der Waals surface area contributed by atoms with Crippen LogP contribution in [0, 0.1) is 0 Å². The van der Waals surface area contributed by atoms with Crippen LogP contribution in [0.1, 0.15) is 31.7 Å². The predicted molar refractivity (Wildman–Crippen MR) is 65.5 cm³/mol. The first-order chi connectivity index (χ1) is 7.33. The molecule has 1 rings (SSSR count). The van der Waals surface area contributed by atoms with Crippen molar-refractivity contribution >= 4 is 11.6 Å². The predicted octanol–water partition coefficient (Wildman–Crippen LogP) is 4.09. The Hall–Kier alpha value is -0.530. The molecule has 0 aliphatic heterocycles. The van der Waals surface area contributed by atoms with Gasteiger partial charge in [-0.2, -0.15) is 0 Å². The molecule has 15 heavy (non-hydrogen) atoms. The zero-order valence-electron chi connectivity index (χ0n) is 9.34. The first-order valence-corrected chi connectivity index (χ1v) is 6.03. The molecular weight excluding hydrogens is 208 g/mol. The van der Waals surface area contributed by atoms with E-state index in [4.69, 9.17) is 16.3 Å². The maximum absolute atomic E-state index is 5.81. The highest BCUT2D eigenvalue weighted by molar-refractivity contribution is 6.30. The van der Waals surface area contributed by atoms with Crippen molar-refractivity contribution in [1.82, 2.24) is 0 Å². The summed E-state index contributed by atoms with van der Waals surface area (Å²) in [5, 5.41) is 0.804. The van der Waals surface area contributed by atoms with Crippen LogP contribution in [0.3, 0.4) is 0 Å². The van der Waals surface area contributed by atoms with Crippen molar-refractivity contribution in [3.63, 3.8) is 0 Å². The molecule has 1 aromatic rings. The second-order valence-electron chi connectivity index (χ2n) is 3.70. The lowest BCUT2D eigenvalue weighted by atomic mass is 10.1. The number of hydrogen-bond acceptors (Lipinski definition) is 1. The van der Waals surface area contributed by atoms with E-state index in [1.807, 2.05) is 12.1 Å². The molecule has 0 N–H and O–H groups in total. The van der Waals surface area contributed by atoms with E-state index < -0.39 is 0 Å². The van der Waals surface area contributed by atoms with Crippen molar-refractivity contribution in [3.05, 3.63) is 34.9 Å². The summed E-state index contributed by atoms with van der Waals surface area (Å²) in [7, 11) is 0. The van der Waals surface area contributed by atoms with Crippen molar-refractivity contribution in [3.8, 4) is 0 Å². The fourth-order valence-corrected chi connectivity index (χ4v) is 1.50. The van der Waals surface area contributed by atoms with Gasteiger partial charge in [-0.3, -0.25) is 0 Å². The lowest BCUT2D eigenvalue weighted by molar-refractivity contribution is 0.129. The first-order valence-electron chi connectivity index (χ1n) is 5.65. The zero-order chi connectivity index (χ0) is 10.9. The van der Waals surface area contributed by atoms with Gasteiger partial charge >= 0.3 is 0 Å². The van der Waals surface area contributed by atoms with Gasteiger partial charge in [0.05, 0.1) is 0 Å². The van der Waals surface area contributed by atoms with E-state index in [0.29, 0.717) is 0 Å². The molecule has 2 heteroatoms. The van der Waals surface area contributed by atoms with Crippen LogP contribution in [-0.2, 0) is 11.2 Å². The van der Waals surface area contributed by atoms with E-state index in [9.17, 15) is 0 Å². The fraction of sp³-hybridized carbons (Fsp3) is 0.538. The Morgan fingerprint density at radius 2 is 1.73 bits per heavy atom. The topological polar surface area (TPSA) is 9.23 Å². The van der Waals surface area contributed by atoms with Crippen molar-refractivity contribution in [1.29, 1.82) is 0 Å². The van der Waals surface area contributed by atoms with Gasteiger partial charge in [0.2, 0.25) is 0 Å². The third-order valence-corrected chi connectivity index (χ3v) is 2.56. The van der Waals surface area contributed by atoms with Gasteiger partial charge in [0.1, 0.15) is 0 Å². The Balaban J connectivity index is 2.07. The molecule has 1 nitrogen and oxygen atoms in total. The van der Waals surface area contributed by atoms with Crippen molar-refractivity contribution in [2.24, 2.45) is 0 Å². The molecule has 0 aliphatic carbocycles. The van der Waals surface area contributed by atoms with E-state index in [1.165, 1.54) is 18.4 Å². The summed E-state index contributed by atoms with van der Waals surface area (Å²) < 4.78 is 5.49. The molecule has 0 aliphatic rings. The SMILES string of the molecule is CCCCOCCCc1ccc(Cl)cc1. The van der Waals surface area contributed by atoms with E-state index in [1.54, 1.807) is 0 Å². The van der Waals surface area contributed by atoms with E-state index >= 15 is 0 Å². The third kappa shape index (κ3) is 5.81. The van der Waals surface area contributed by atoms with E-state index in [0.717, 1.165) is 31.1 Å². The maximum Gasteiger partial charge on any atom is 0.0469 e. The Labute approximate surface area is 97.4 Å². The van der Waals surface area contributed by atoms with Gasteiger partial charge in [0.15, 0.2) is 0 Å². The quantitative estimate of drug-likeness (QED) is 0.637. The van der Waals surface area contributed by atoms with Crippen molar-refractivity contribution in [2.45, 2.75) is 32.6 Å². The number of rotatable bonds is 7.